The first-order valence-corrected chi connectivity index (χ1v) is 12.0. The van der Waals surface area contributed by atoms with Crippen LogP contribution in [0.2, 0.25) is 0 Å². The molecule has 34 heavy (non-hydrogen) atoms. The molecule has 2 fully saturated rings. The smallest absolute Gasteiger partial charge is 0.416 e. The van der Waals surface area contributed by atoms with Crippen molar-refractivity contribution in [2.24, 2.45) is 0 Å². The molecule has 0 bridgehead atoms. The second kappa shape index (κ2) is 9.90. The molecule has 184 valence electrons. The molecule has 1 atom stereocenters. The number of nitrogens with zero attached hydrogens (tertiary/aromatic N) is 1. The van der Waals surface area contributed by atoms with Gasteiger partial charge >= 0.3 is 6.18 Å². The third kappa shape index (κ3) is 4.63. The van der Waals surface area contributed by atoms with Crippen molar-refractivity contribution in [3.05, 3.63) is 65.7 Å². The number of benzene rings is 2. The molecular formula is C27H34F3N3O. The topological polar surface area (TPSA) is 36.5 Å². The minimum Gasteiger partial charge on any atom is -0.496 e. The molecule has 0 aromatic heterocycles. The standard InChI is InChI=1S/C27H34F3N3O/c1-19(24-22(31-2)17-21(27(28,29)30)18-23(24)34-3)32-25(20-11-6-4-7-12-20)26(13-10-14-26)33-15-8-5-9-16-33/h4,6-7,11-12,17-18,25,31-32H,1,5,8-10,13-16H2,2-3H3. The molecule has 0 spiro atoms. The van der Waals surface area contributed by atoms with Gasteiger partial charge in [-0.25, -0.2) is 0 Å². The number of rotatable bonds is 8. The van der Waals surface area contributed by atoms with Gasteiger partial charge in [0.05, 0.1) is 24.3 Å². The van der Waals surface area contributed by atoms with Crippen molar-refractivity contribution in [2.75, 3.05) is 32.6 Å². The molecule has 4 nitrogen and oxygen atoms in total. The van der Waals surface area contributed by atoms with Gasteiger partial charge in [0, 0.05) is 24.0 Å². The summed E-state index contributed by atoms with van der Waals surface area (Å²) >= 11 is 0. The lowest BCUT2D eigenvalue weighted by Gasteiger charge is -2.56. The zero-order valence-corrected chi connectivity index (χ0v) is 20.0. The van der Waals surface area contributed by atoms with Crippen molar-refractivity contribution < 1.29 is 17.9 Å². The summed E-state index contributed by atoms with van der Waals surface area (Å²) in [7, 11) is 3.00. The maximum Gasteiger partial charge on any atom is 0.416 e. The van der Waals surface area contributed by atoms with Crippen molar-refractivity contribution in [1.29, 1.82) is 0 Å². The monoisotopic (exact) mass is 473 g/mol. The zero-order valence-electron chi connectivity index (χ0n) is 20.0. The molecule has 2 aliphatic rings. The molecular weight excluding hydrogens is 439 g/mol. The van der Waals surface area contributed by atoms with E-state index in [4.69, 9.17) is 4.74 Å². The second-order valence-corrected chi connectivity index (χ2v) is 9.32. The van der Waals surface area contributed by atoms with Crippen LogP contribution < -0.4 is 15.4 Å². The number of anilines is 1. The van der Waals surface area contributed by atoms with Crippen LogP contribution in [0.1, 0.15) is 61.3 Å². The maximum atomic E-state index is 13.5. The fourth-order valence-electron chi connectivity index (χ4n) is 5.53. The van der Waals surface area contributed by atoms with Crippen molar-refractivity contribution in [3.63, 3.8) is 0 Å². The van der Waals surface area contributed by atoms with Crippen molar-refractivity contribution in [3.8, 4) is 5.75 Å². The van der Waals surface area contributed by atoms with Crippen molar-refractivity contribution in [2.45, 2.75) is 56.3 Å². The van der Waals surface area contributed by atoms with Gasteiger partial charge in [-0.2, -0.15) is 13.2 Å². The minimum absolute atomic E-state index is 0.0373. The molecule has 1 unspecified atom stereocenters. The maximum absolute atomic E-state index is 13.5. The van der Waals surface area contributed by atoms with Crippen molar-refractivity contribution >= 4 is 11.4 Å². The molecule has 1 aliphatic heterocycles. The quantitative estimate of drug-likeness (QED) is 0.461. The predicted molar refractivity (Wildman–Crippen MR) is 131 cm³/mol. The first kappa shape index (κ1) is 24.5. The molecule has 0 amide bonds. The van der Waals surface area contributed by atoms with E-state index in [0.717, 1.165) is 43.6 Å². The SMILES string of the molecule is C=C(NC(c1ccccc1)C1(N2CCCCC2)CCC1)c1c(NC)cc(C(F)(F)F)cc1OC. The van der Waals surface area contributed by atoms with E-state index in [1.165, 1.54) is 32.8 Å². The predicted octanol–water partition coefficient (Wildman–Crippen LogP) is 6.47. The van der Waals surface area contributed by atoms with E-state index in [0.29, 0.717) is 16.9 Å². The highest BCUT2D eigenvalue weighted by molar-refractivity contribution is 5.80. The Balaban J connectivity index is 1.74. The summed E-state index contributed by atoms with van der Waals surface area (Å²) in [6, 6.07) is 12.4. The molecule has 2 N–H and O–H groups in total. The number of hydrogen-bond donors (Lipinski definition) is 2. The van der Waals surface area contributed by atoms with Gasteiger partial charge in [-0.15, -0.1) is 0 Å². The zero-order chi connectivity index (χ0) is 24.3. The van der Waals surface area contributed by atoms with Gasteiger partial charge < -0.3 is 15.4 Å². The van der Waals surface area contributed by atoms with Crippen LogP contribution in [0.25, 0.3) is 5.70 Å². The molecule has 7 heteroatoms. The summed E-state index contributed by atoms with van der Waals surface area (Å²) in [6.45, 7) is 6.43. The number of methoxy groups -OCH3 is 1. The highest BCUT2D eigenvalue weighted by atomic mass is 19.4. The van der Waals surface area contributed by atoms with Crippen LogP contribution in [0.5, 0.6) is 5.75 Å². The van der Waals surface area contributed by atoms with Gasteiger partial charge in [-0.05, 0) is 62.9 Å². The minimum atomic E-state index is -4.47. The Morgan fingerprint density at radius 3 is 2.26 bits per heavy atom. The average molecular weight is 474 g/mol. The first-order valence-electron chi connectivity index (χ1n) is 12.0. The lowest BCUT2D eigenvalue weighted by atomic mass is 9.67. The van der Waals surface area contributed by atoms with Crippen LogP contribution in [-0.2, 0) is 6.18 Å². The second-order valence-electron chi connectivity index (χ2n) is 9.32. The number of likely N-dealkylation sites (tertiary alicyclic amines) is 1. The lowest BCUT2D eigenvalue weighted by Crippen LogP contribution is -2.61. The Kier molecular flexibility index (Phi) is 7.12. The number of halogens is 3. The Bertz CT molecular complexity index is 971. The molecule has 2 aromatic rings. The van der Waals surface area contributed by atoms with Crippen LogP contribution in [0, 0.1) is 0 Å². The van der Waals surface area contributed by atoms with Gasteiger partial charge in [0.25, 0.3) is 0 Å². The number of piperidine rings is 1. The molecule has 4 rings (SSSR count). The number of hydrogen-bond acceptors (Lipinski definition) is 4. The van der Waals surface area contributed by atoms with E-state index in [9.17, 15) is 13.2 Å². The van der Waals surface area contributed by atoms with Crippen LogP contribution in [-0.4, -0.2) is 37.7 Å². The van der Waals surface area contributed by atoms with E-state index in [1.54, 1.807) is 7.05 Å². The van der Waals surface area contributed by atoms with Crippen LogP contribution in [0.4, 0.5) is 18.9 Å². The van der Waals surface area contributed by atoms with E-state index >= 15 is 0 Å². The highest BCUT2D eigenvalue weighted by Gasteiger charge is 2.49. The average Bonchev–Trinajstić information content (AvgIpc) is 2.82. The summed E-state index contributed by atoms with van der Waals surface area (Å²) in [5.41, 5.74) is 1.76. The third-order valence-electron chi connectivity index (χ3n) is 7.41. The Labute approximate surface area is 200 Å². The molecule has 1 heterocycles. The summed E-state index contributed by atoms with van der Waals surface area (Å²) in [5.74, 6) is 0.143. The molecule has 0 radical (unpaired) electrons. The fourth-order valence-corrected chi connectivity index (χ4v) is 5.53. The Morgan fingerprint density at radius 2 is 1.74 bits per heavy atom. The van der Waals surface area contributed by atoms with Crippen LogP contribution >= 0.6 is 0 Å². The lowest BCUT2D eigenvalue weighted by molar-refractivity contribution is -0.137. The van der Waals surface area contributed by atoms with E-state index < -0.39 is 11.7 Å². The summed E-state index contributed by atoms with van der Waals surface area (Å²) in [4.78, 5) is 2.63. The van der Waals surface area contributed by atoms with Crippen LogP contribution in [0.3, 0.4) is 0 Å². The summed E-state index contributed by atoms with van der Waals surface area (Å²) in [5, 5.41) is 6.58. The normalized spacial score (nSPS) is 19.1. The van der Waals surface area contributed by atoms with Crippen molar-refractivity contribution in [1.82, 2.24) is 10.2 Å². The van der Waals surface area contributed by atoms with E-state index in [2.05, 4.69) is 34.2 Å². The summed E-state index contributed by atoms with van der Waals surface area (Å²) in [6.07, 6.45) is 2.51. The third-order valence-corrected chi connectivity index (χ3v) is 7.41. The number of ether oxygens (including phenoxy) is 1. The molecule has 1 saturated carbocycles. The van der Waals surface area contributed by atoms with Gasteiger partial charge in [-0.3, -0.25) is 4.90 Å². The molecule has 1 saturated heterocycles. The fraction of sp³-hybridized carbons (Fsp3) is 0.481. The largest absolute Gasteiger partial charge is 0.496 e. The Hall–Kier alpha value is -2.67. The highest BCUT2D eigenvalue weighted by Crippen LogP contribution is 2.49. The molecule has 2 aromatic carbocycles. The molecule has 1 aliphatic carbocycles. The van der Waals surface area contributed by atoms with E-state index in [1.807, 2.05) is 18.2 Å². The number of alkyl halides is 3. The first-order chi connectivity index (χ1) is 16.3. The Morgan fingerprint density at radius 1 is 1.06 bits per heavy atom. The number of nitrogens with one attached hydrogen (secondary N) is 2. The van der Waals surface area contributed by atoms with E-state index in [-0.39, 0.29) is 17.3 Å². The van der Waals surface area contributed by atoms with Gasteiger partial charge in [-0.1, -0.05) is 43.3 Å². The van der Waals surface area contributed by atoms with Gasteiger partial charge in [0.1, 0.15) is 5.75 Å². The summed E-state index contributed by atoms with van der Waals surface area (Å²) < 4.78 is 45.8. The van der Waals surface area contributed by atoms with Crippen LogP contribution in [0.15, 0.2) is 49.0 Å². The van der Waals surface area contributed by atoms with Gasteiger partial charge in [0.2, 0.25) is 0 Å². The van der Waals surface area contributed by atoms with Gasteiger partial charge in [0.15, 0.2) is 0 Å².